The van der Waals surface area contributed by atoms with Gasteiger partial charge in [-0.05, 0) is 18.8 Å². The number of rotatable bonds is 7. The van der Waals surface area contributed by atoms with Crippen LogP contribution in [-0.2, 0) is 4.79 Å². The number of nitrogens with zero attached hydrogens (tertiary/aromatic N) is 2. The third kappa shape index (κ3) is 3.82. The molecule has 0 spiro atoms. The zero-order chi connectivity index (χ0) is 15.3. The molecular formula is C14H25N5O. The number of nitrogens with one attached hydrogen (secondary N) is 2. The molecule has 0 bridgehead atoms. The summed E-state index contributed by atoms with van der Waals surface area (Å²) < 4.78 is 0. The van der Waals surface area contributed by atoms with E-state index in [0.29, 0.717) is 5.82 Å². The molecule has 6 nitrogen and oxygen atoms in total. The van der Waals surface area contributed by atoms with Crippen LogP contribution in [-0.4, -0.2) is 28.5 Å². The summed E-state index contributed by atoms with van der Waals surface area (Å²) in [6.07, 6.45) is 1.49. The first-order chi connectivity index (χ1) is 9.38. The molecule has 0 radical (unpaired) electrons. The summed E-state index contributed by atoms with van der Waals surface area (Å²) >= 11 is 0. The van der Waals surface area contributed by atoms with Gasteiger partial charge in [-0.2, -0.15) is 0 Å². The van der Waals surface area contributed by atoms with Gasteiger partial charge >= 0.3 is 0 Å². The Morgan fingerprint density at radius 2 is 1.85 bits per heavy atom. The van der Waals surface area contributed by atoms with E-state index in [2.05, 4.69) is 34.4 Å². The normalized spacial score (nSPS) is 12.6. The molecule has 1 amide bonds. The van der Waals surface area contributed by atoms with E-state index in [4.69, 9.17) is 5.73 Å². The average Bonchev–Trinajstić information content (AvgIpc) is 2.35. The van der Waals surface area contributed by atoms with Crippen molar-refractivity contribution in [1.29, 1.82) is 0 Å². The van der Waals surface area contributed by atoms with Crippen molar-refractivity contribution in [1.82, 2.24) is 9.97 Å². The molecule has 0 aliphatic heterocycles. The van der Waals surface area contributed by atoms with Gasteiger partial charge < -0.3 is 16.4 Å². The molecule has 0 aliphatic rings. The van der Waals surface area contributed by atoms with Crippen LogP contribution in [0, 0.1) is 5.92 Å². The summed E-state index contributed by atoms with van der Waals surface area (Å²) in [6, 6.07) is -0.447. The second kappa shape index (κ2) is 7.07. The number of anilines is 2. The maximum absolute atomic E-state index is 11.5. The van der Waals surface area contributed by atoms with E-state index in [0.717, 1.165) is 17.9 Å². The van der Waals surface area contributed by atoms with Gasteiger partial charge in [0, 0.05) is 12.1 Å². The van der Waals surface area contributed by atoms with Gasteiger partial charge in [0.1, 0.15) is 24.0 Å². The second-order valence-electron chi connectivity index (χ2n) is 5.44. The molecule has 0 fully saturated rings. The molecule has 0 aliphatic carbocycles. The first kappa shape index (κ1) is 16.2. The highest BCUT2D eigenvalue weighted by Gasteiger charge is 2.23. The minimum atomic E-state index is -0.447. The van der Waals surface area contributed by atoms with Gasteiger partial charge in [0.2, 0.25) is 5.91 Å². The van der Waals surface area contributed by atoms with E-state index in [1.165, 1.54) is 6.33 Å². The lowest BCUT2D eigenvalue weighted by Crippen LogP contribution is -2.40. The predicted molar refractivity (Wildman–Crippen MR) is 81.7 cm³/mol. The molecule has 1 heterocycles. The molecular weight excluding hydrogens is 254 g/mol. The van der Waals surface area contributed by atoms with E-state index in [1.54, 1.807) is 0 Å². The molecule has 1 rings (SSSR count). The molecule has 20 heavy (non-hydrogen) atoms. The number of carbonyl (C=O) groups excluding carboxylic acids is 1. The van der Waals surface area contributed by atoms with Gasteiger partial charge in [0.25, 0.3) is 0 Å². The molecule has 1 aromatic rings. The van der Waals surface area contributed by atoms with Crippen LogP contribution in [0.1, 0.15) is 46.1 Å². The Kier molecular flexibility index (Phi) is 5.73. The highest BCUT2D eigenvalue weighted by Crippen LogP contribution is 2.29. The van der Waals surface area contributed by atoms with Crippen molar-refractivity contribution >= 4 is 17.5 Å². The Balaban J connectivity index is 3.16. The summed E-state index contributed by atoms with van der Waals surface area (Å²) in [5.41, 5.74) is 6.42. The largest absolute Gasteiger partial charge is 0.370 e. The zero-order valence-corrected chi connectivity index (χ0v) is 12.9. The number of primary amides is 1. The van der Waals surface area contributed by atoms with Crippen molar-refractivity contribution in [3.05, 3.63) is 11.9 Å². The Morgan fingerprint density at radius 3 is 2.30 bits per heavy atom. The van der Waals surface area contributed by atoms with Crippen LogP contribution in [0.5, 0.6) is 0 Å². The van der Waals surface area contributed by atoms with Crippen LogP contribution >= 0.6 is 0 Å². The third-order valence-corrected chi connectivity index (χ3v) is 3.07. The molecule has 4 N–H and O–H groups in total. The molecule has 0 saturated carbocycles. The molecule has 112 valence electrons. The average molecular weight is 279 g/mol. The molecule has 6 heteroatoms. The lowest BCUT2D eigenvalue weighted by molar-refractivity contribution is -0.119. The quantitative estimate of drug-likeness (QED) is 0.709. The van der Waals surface area contributed by atoms with Crippen molar-refractivity contribution in [2.75, 3.05) is 17.2 Å². The number of hydrogen-bond donors (Lipinski definition) is 3. The number of nitrogens with two attached hydrogens (primary N) is 1. The Labute approximate surface area is 120 Å². The van der Waals surface area contributed by atoms with Crippen LogP contribution in [0.15, 0.2) is 6.33 Å². The van der Waals surface area contributed by atoms with Crippen molar-refractivity contribution in [3.8, 4) is 0 Å². The van der Waals surface area contributed by atoms with Crippen molar-refractivity contribution in [2.24, 2.45) is 11.7 Å². The predicted octanol–water partition coefficient (Wildman–Crippen LogP) is 1.95. The minimum Gasteiger partial charge on any atom is -0.370 e. The fraction of sp³-hybridized carbons (Fsp3) is 0.643. The van der Waals surface area contributed by atoms with Crippen LogP contribution in [0.2, 0.25) is 0 Å². The topological polar surface area (TPSA) is 92.9 Å². The summed E-state index contributed by atoms with van der Waals surface area (Å²) in [4.78, 5) is 20.1. The van der Waals surface area contributed by atoms with Crippen LogP contribution in [0.25, 0.3) is 0 Å². The third-order valence-electron chi connectivity index (χ3n) is 3.07. The van der Waals surface area contributed by atoms with E-state index < -0.39 is 6.04 Å². The Morgan fingerprint density at radius 1 is 1.25 bits per heavy atom. The lowest BCUT2D eigenvalue weighted by Gasteiger charge is -2.23. The van der Waals surface area contributed by atoms with Gasteiger partial charge in [0.05, 0.1) is 0 Å². The lowest BCUT2D eigenvalue weighted by atomic mass is 10.0. The van der Waals surface area contributed by atoms with Gasteiger partial charge in [0.15, 0.2) is 0 Å². The first-order valence-corrected chi connectivity index (χ1v) is 7.03. The summed E-state index contributed by atoms with van der Waals surface area (Å²) in [5.74, 6) is 1.41. The number of hydrogen-bond acceptors (Lipinski definition) is 5. The minimum absolute atomic E-state index is 0.0880. The number of carbonyl (C=O) groups is 1. The highest BCUT2D eigenvalue weighted by molar-refractivity contribution is 5.83. The summed E-state index contributed by atoms with van der Waals surface area (Å²) in [7, 11) is 0. The van der Waals surface area contributed by atoms with E-state index in [9.17, 15) is 4.79 Å². The van der Waals surface area contributed by atoms with Gasteiger partial charge in [-0.15, -0.1) is 0 Å². The van der Waals surface area contributed by atoms with Crippen molar-refractivity contribution in [3.63, 3.8) is 0 Å². The summed E-state index contributed by atoms with van der Waals surface area (Å²) in [6.45, 7) is 10.8. The Hall–Kier alpha value is -1.85. The fourth-order valence-electron chi connectivity index (χ4n) is 2.08. The number of amides is 1. The van der Waals surface area contributed by atoms with Gasteiger partial charge in [-0.25, -0.2) is 9.97 Å². The van der Waals surface area contributed by atoms with Crippen molar-refractivity contribution in [2.45, 2.75) is 46.6 Å². The summed E-state index contributed by atoms with van der Waals surface area (Å²) in [5, 5.41) is 6.38. The maximum atomic E-state index is 11.5. The Bertz CT molecular complexity index is 459. The SMILES string of the molecule is CCNc1ncnc(NC(C(N)=O)C(C)C)c1C(C)C. The smallest absolute Gasteiger partial charge is 0.240 e. The van der Waals surface area contributed by atoms with E-state index in [1.807, 2.05) is 20.8 Å². The first-order valence-electron chi connectivity index (χ1n) is 7.03. The van der Waals surface area contributed by atoms with Crippen LogP contribution in [0.3, 0.4) is 0 Å². The zero-order valence-electron chi connectivity index (χ0n) is 12.9. The van der Waals surface area contributed by atoms with E-state index in [-0.39, 0.29) is 17.7 Å². The van der Waals surface area contributed by atoms with E-state index >= 15 is 0 Å². The van der Waals surface area contributed by atoms with Gasteiger partial charge in [-0.1, -0.05) is 27.7 Å². The van der Waals surface area contributed by atoms with Crippen molar-refractivity contribution < 1.29 is 4.79 Å². The molecule has 1 aromatic heterocycles. The monoisotopic (exact) mass is 279 g/mol. The number of aromatic nitrogens is 2. The molecule has 1 atom stereocenters. The molecule has 0 saturated heterocycles. The standard InChI is InChI=1S/C14H25N5O/c1-6-16-13-10(8(2)3)14(18-7-17-13)19-11(9(4)5)12(15)20/h7-9,11H,6H2,1-5H3,(H2,15,20)(H2,16,17,18,19). The highest BCUT2D eigenvalue weighted by atomic mass is 16.1. The van der Waals surface area contributed by atoms with Crippen LogP contribution in [0.4, 0.5) is 11.6 Å². The molecule has 0 aromatic carbocycles. The fourth-order valence-corrected chi connectivity index (χ4v) is 2.08. The maximum Gasteiger partial charge on any atom is 0.240 e. The second-order valence-corrected chi connectivity index (χ2v) is 5.44. The van der Waals surface area contributed by atoms with Gasteiger partial charge in [-0.3, -0.25) is 4.79 Å². The molecule has 1 unspecified atom stereocenters. The van der Waals surface area contributed by atoms with Crippen LogP contribution < -0.4 is 16.4 Å².